The van der Waals surface area contributed by atoms with Crippen molar-refractivity contribution in [2.75, 3.05) is 14.2 Å². The molecular formula is C18H14BrNO4. The standard InChI is InChI=1S/C18H14BrNO4/c1-22-15-7-6-12(10-16(15)23-2)17-20-14(18(21)24-17)9-11-4-3-5-13(19)8-11/h3-10H,1-2H3. The third kappa shape index (κ3) is 3.33. The number of hydrogen-bond donors (Lipinski definition) is 0. The van der Waals surface area contributed by atoms with Gasteiger partial charge in [0, 0.05) is 10.0 Å². The van der Waals surface area contributed by atoms with Crippen molar-refractivity contribution >= 4 is 33.9 Å². The number of carbonyl (C=O) groups excluding carboxylic acids is 1. The maximum Gasteiger partial charge on any atom is 0.363 e. The van der Waals surface area contributed by atoms with Gasteiger partial charge in [0.05, 0.1) is 14.2 Å². The number of carbonyl (C=O) groups is 1. The summed E-state index contributed by atoms with van der Waals surface area (Å²) in [5.74, 6) is 0.885. The Morgan fingerprint density at radius 2 is 1.88 bits per heavy atom. The summed E-state index contributed by atoms with van der Waals surface area (Å²) >= 11 is 3.40. The maximum absolute atomic E-state index is 12.1. The molecule has 0 saturated heterocycles. The number of esters is 1. The minimum Gasteiger partial charge on any atom is -0.493 e. The summed E-state index contributed by atoms with van der Waals surface area (Å²) in [6.07, 6.45) is 1.68. The van der Waals surface area contributed by atoms with Crippen molar-refractivity contribution in [3.05, 3.63) is 63.8 Å². The van der Waals surface area contributed by atoms with Gasteiger partial charge in [0.2, 0.25) is 5.90 Å². The first-order chi connectivity index (χ1) is 11.6. The van der Waals surface area contributed by atoms with Crippen LogP contribution in [0.2, 0.25) is 0 Å². The second-order valence-corrected chi connectivity index (χ2v) is 5.88. The number of benzene rings is 2. The van der Waals surface area contributed by atoms with Crippen LogP contribution in [-0.2, 0) is 9.53 Å². The van der Waals surface area contributed by atoms with E-state index < -0.39 is 5.97 Å². The van der Waals surface area contributed by atoms with Crippen LogP contribution in [0.5, 0.6) is 11.5 Å². The molecule has 0 aromatic heterocycles. The van der Waals surface area contributed by atoms with E-state index in [2.05, 4.69) is 20.9 Å². The average Bonchev–Trinajstić information content (AvgIpc) is 2.95. The van der Waals surface area contributed by atoms with E-state index >= 15 is 0 Å². The first kappa shape index (κ1) is 16.3. The van der Waals surface area contributed by atoms with E-state index in [1.54, 1.807) is 38.5 Å². The predicted octanol–water partition coefficient (Wildman–Crippen LogP) is 3.81. The van der Waals surface area contributed by atoms with E-state index in [9.17, 15) is 4.79 Å². The molecule has 0 spiro atoms. The van der Waals surface area contributed by atoms with Gasteiger partial charge in [0.25, 0.3) is 0 Å². The molecule has 1 aliphatic heterocycles. The third-order valence-electron chi connectivity index (χ3n) is 3.40. The Hall–Kier alpha value is -2.60. The van der Waals surface area contributed by atoms with Crippen molar-refractivity contribution < 1.29 is 19.0 Å². The fourth-order valence-electron chi connectivity index (χ4n) is 2.26. The minimum absolute atomic E-state index is 0.238. The van der Waals surface area contributed by atoms with Crippen LogP contribution in [0.4, 0.5) is 0 Å². The SMILES string of the molecule is COc1ccc(C2=NC(=Cc3cccc(Br)c3)C(=O)O2)cc1OC. The Morgan fingerprint density at radius 1 is 1.08 bits per heavy atom. The molecule has 6 heteroatoms. The number of aliphatic imine (C=N–C) groups is 1. The monoisotopic (exact) mass is 387 g/mol. The Labute approximate surface area is 147 Å². The molecule has 122 valence electrons. The lowest BCUT2D eigenvalue weighted by Crippen LogP contribution is -2.05. The molecule has 0 unspecified atom stereocenters. The van der Waals surface area contributed by atoms with Crippen molar-refractivity contribution in [1.82, 2.24) is 0 Å². The molecule has 2 aromatic rings. The summed E-state index contributed by atoms with van der Waals surface area (Å²) in [7, 11) is 3.10. The molecule has 1 aliphatic rings. The average molecular weight is 388 g/mol. The second-order valence-electron chi connectivity index (χ2n) is 4.96. The van der Waals surface area contributed by atoms with E-state index in [1.165, 1.54) is 0 Å². The van der Waals surface area contributed by atoms with Gasteiger partial charge in [-0.05, 0) is 42.0 Å². The molecule has 5 nitrogen and oxygen atoms in total. The van der Waals surface area contributed by atoms with Gasteiger partial charge in [-0.3, -0.25) is 0 Å². The first-order valence-electron chi connectivity index (χ1n) is 7.11. The fraction of sp³-hybridized carbons (Fsp3) is 0.111. The lowest BCUT2D eigenvalue weighted by atomic mass is 10.2. The van der Waals surface area contributed by atoms with E-state index in [1.807, 2.05) is 24.3 Å². The van der Waals surface area contributed by atoms with Crippen LogP contribution in [-0.4, -0.2) is 26.1 Å². The number of halogens is 1. The van der Waals surface area contributed by atoms with Gasteiger partial charge in [-0.1, -0.05) is 28.1 Å². The van der Waals surface area contributed by atoms with Gasteiger partial charge in [-0.2, -0.15) is 0 Å². The molecule has 0 N–H and O–H groups in total. The lowest BCUT2D eigenvalue weighted by Gasteiger charge is -2.08. The highest BCUT2D eigenvalue weighted by atomic mass is 79.9. The normalized spacial score (nSPS) is 15.2. The molecule has 1 heterocycles. The van der Waals surface area contributed by atoms with Crippen molar-refractivity contribution in [2.45, 2.75) is 0 Å². The van der Waals surface area contributed by atoms with Crippen LogP contribution in [0.25, 0.3) is 6.08 Å². The van der Waals surface area contributed by atoms with Gasteiger partial charge in [-0.15, -0.1) is 0 Å². The Bertz CT molecular complexity index is 858. The zero-order valence-corrected chi connectivity index (χ0v) is 14.7. The molecule has 0 amide bonds. The Balaban J connectivity index is 1.94. The lowest BCUT2D eigenvalue weighted by molar-refractivity contribution is -0.129. The van der Waals surface area contributed by atoms with E-state index in [0.717, 1.165) is 10.0 Å². The van der Waals surface area contributed by atoms with E-state index in [0.29, 0.717) is 17.1 Å². The zero-order valence-electron chi connectivity index (χ0n) is 13.1. The molecule has 24 heavy (non-hydrogen) atoms. The molecule has 0 radical (unpaired) electrons. The predicted molar refractivity (Wildman–Crippen MR) is 94.3 cm³/mol. The van der Waals surface area contributed by atoms with E-state index in [-0.39, 0.29) is 11.6 Å². The summed E-state index contributed by atoms with van der Waals surface area (Å²) in [6, 6.07) is 12.8. The van der Waals surface area contributed by atoms with Crippen molar-refractivity contribution in [3.8, 4) is 11.5 Å². The molecule has 0 fully saturated rings. The topological polar surface area (TPSA) is 57.1 Å². The van der Waals surface area contributed by atoms with Crippen molar-refractivity contribution in [1.29, 1.82) is 0 Å². The highest BCUT2D eigenvalue weighted by Crippen LogP contribution is 2.29. The number of ether oxygens (including phenoxy) is 3. The maximum atomic E-state index is 12.1. The molecular weight excluding hydrogens is 374 g/mol. The van der Waals surface area contributed by atoms with Crippen LogP contribution in [0.3, 0.4) is 0 Å². The third-order valence-corrected chi connectivity index (χ3v) is 3.90. The van der Waals surface area contributed by atoms with E-state index in [4.69, 9.17) is 14.2 Å². The van der Waals surface area contributed by atoms with Crippen LogP contribution >= 0.6 is 15.9 Å². The summed E-state index contributed by atoms with van der Waals surface area (Å²) in [5.41, 5.74) is 1.74. The Kier molecular flexibility index (Phi) is 4.66. The van der Waals surface area contributed by atoms with Crippen molar-refractivity contribution in [2.24, 2.45) is 4.99 Å². The zero-order chi connectivity index (χ0) is 17.1. The van der Waals surface area contributed by atoms with Gasteiger partial charge in [0.15, 0.2) is 17.2 Å². The van der Waals surface area contributed by atoms with Crippen molar-refractivity contribution in [3.63, 3.8) is 0 Å². The van der Waals surface area contributed by atoms with Crippen LogP contribution in [0, 0.1) is 0 Å². The molecule has 3 rings (SSSR count). The van der Waals surface area contributed by atoms with Crippen LogP contribution in [0.15, 0.2) is 57.6 Å². The fourth-order valence-corrected chi connectivity index (χ4v) is 2.67. The summed E-state index contributed by atoms with van der Waals surface area (Å²) in [6.45, 7) is 0. The van der Waals surface area contributed by atoms with Gasteiger partial charge in [0.1, 0.15) is 0 Å². The van der Waals surface area contributed by atoms with Gasteiger partial charge < -0.3 is 14.2 Å². The minimum atomic E-state index is -0.486. The number of nitrogens with zero attached hydrogens (tertiary/aromatic N) is 1. The number of hydrogen-bond acceptors (Lipinski definition) is 5. The molecule has 0 saturated carbocycles. The molecule has 2 aromatic carbocycles. The smallest absolute Gasteiger partial charge is 0.363 e. The van der Waals surface area contributed by atoms with Gasteiger partial charge >= 0.3 is 5.97 Å². The number of cyclic esters (lactones) is 1. The quantitative estimate of drug-likeness (QED) is 0.591. The Morgan fingerprint density at radius 3 is 2.58 bits per heavy atom. The van der Waals surface area contributed by atoms with Gasteiger partial charge in [-0.25, -0.2) is 9.79 Å². The first-order valence-corrected chi connectivity index (χ1v) is 7.90. The summed E-state index contributed by atoms with van der Waals surface area (Å²) in [4.78, 5) is 16.3. The molecule has 0 aliphatic carbocycles. The number of methoxy groups -OCH3 is 2. The summed E-state index contributed by atoms with van der Waals surface area (Å²) < 4.78 is 16.7. The number of rotatable bonds is 4. The summed E-state index contributed by atoms with van der Waals surface area (Å²) in [5, 5.41) is 0. The largest absolute Gasteiger partial charge is 0.493 e. The van der Waals surface area contributed by atoms with Crippen LogP contribution < -0.4 is 9.47 Å². The molecule has 0 atom stereocenters. The van der Waals surface area contributed by atoms with Crippen LogP contribution in [0.1, 0.15) is 11.1 Å². The highest BCUT2D eigenvalue weighted by Gasteiger charge is 2.25. The highest BCUT2D eigenvalue weighted by molar-refractivity contribution is 9.10. The second kappa shape index (κ2) is 6.88. The molecule has 0 bridgehead atoms.